The predicted molar refractivity (Wildman–Crippen MR) is 122 cm³/mol. The van der Waals surface area contributed by atoms with E-state index in [-0.39, 0.29) is 11.7 Å². The first-order valence-corrected chi connectivity index (χ1v) is 10.3. The molecule has 0 fully saturated rings. The van der Waals surface area contributed by atoms with Gasteiger partial charge in [0.1, 0.15) is 10.8 Å². The highest BCUT2D eigenvalue weighted by molar-refractivity contribution is 7.13. The summed E-state index contributed by atoms with van der Waals surface area (Å²) in [5.41, 5.74) is 5.70. The van der Waals surface area contributed by atoms with Crippen molar-refractivity contribution in [3.05, 3.63) is 101 Å². The van der Waals surface area contributed by atoms with Gasteiger partial charge in [-0.1, -0.05) is 48.5 Å². The van der Waals surface area contributed by atoms with Gasteiger partial charge in [-0.25, -0.2) is 9.37 Å². The molecule has 0 aliphatic carbocycles. The zero-order chi connectivity index (χ0) is 20.9. The van der Waals surface area contributed by atoms with Crippen molar-refractivity contribution < 1.29 is 9.18 Å². The molecule has 0 spiro atoms. The lowest BCUT2D eigenvalue weighted by Crippen LogP contribution is -2.07. The van der Waals surface area contributed by atoms with Crippen LogP contribution in [0.5, 0.6) is 0 Å². The second-order valence-corrected chi connectivity index (χ2v) is 7.66. The van der Waals surface area contributed by atoms with Crippen LogP contribution in [0.4, 0.5) is 10.1 Å². The summed E-state index contributed by atoms with van der Waals surface area (Å²) >= 11 is 1.62. The maximum atomic E-state index is 12.9. The van der Waals surface area contributed by atoms with Crippen LogP contribution in [0.1, 0.15) is 11.1 Å². The van der Waals surface area contributed by atoms with Crippen LogP contribution >= 0.6 is 11.3 Å². The highest BCUT2D eigenvalue weighted by Crippen LogP contribution is 2.31. The lowest BCUT2D eigenvalue weighted by atomic mass is 10.1. The highest BCUT2D eigenvalue weighted by Gasteiger charge is 2.09. The van der Waals surface area contributed by atoms with Crippen molar-refractivity contribution in [1.82, 2.24) is 4.98 Å². The molecule has 1 heterocycles. The number of aryl methyl sites for hydroxylation is 1. The number of amides is 1. The molecule has 5 heteroatoms. The predicted octanol–water partition coefficient (Wildman–Crippen LogP) is 6.58. The smallest absolute Gasteiger partial charge is 0.248 e. The molecule has 4 aromatic rings. The van der Waals surface area contributed by atoms with Crippen molar-refractivity contribution in [2.45, 2.75) is 6.92 Å². The van der Waals surface area contributed by atoms with Gasteiger partial charge in [0, 0.05) is 28.3 Å². The third-order valence-corrected chi connectivity index (χ3v) is 5.50. The molecule has 1 aromatic heterocycles. The molecule has 0 saturated carbocycles. The Bertz CT molecular complexity index is 1190. The summed E-state index contributed by atoms with van der Waals surface area (Å²) < 4.78 is 12.9. The fraction of sp³-hybridized carbons (Fsp3) is 0.0400. The summed E-state index contributed by atoms with van der Waals surface area (Å²) in [7, 11) is 0. The van der Waals surface area contributed by atoms with Crippen LogP contribution in [0.3, 0.4) is 0 Å². The van der Waals surface area contributed by atoms with Crippen LogP contribution in [0.2, 0.25) is 0 Å². The van der Waals surface area contributed by atoms with Gasteiger partial charge in [0.25, 0.3) is 0 Å². The Morgan fingerprint density at radius 1 is 1.00 bits per heavy atom. The van der Waals surface area contributed by atoms with Gasteiger partial charge in [-0.05, 0) is 48.4 Å². The maximum Gasteiger partial charge on any atom is 0.248 e. The van der Waals surface area contributed by atoms with E-state index in [2.05, 4.69) is 24.4 Å². The zero-order valence-corrected chi connectivity index (χ0v) is 17.1. The van der Waals surface area contributed by atoms with Gasteiger partial charge in [0.15, 0.2) is 0 Å². The van der Waals surface area contributed by atoms with E-state index < -0.39 is 0 Å². The Morgan fingerprint density at radius 3 is 2.47 bits per heavy atom. The topological polar surface area (TPSA) is 42.0 Å². The maximum absolute atomic E-state index is 12.9. The third-order valence-electron chi connectivity index (χ3n) is 4.63. The molecule has 0 bridgehead atoms. The lowest BCUT2D eigenvalue weighted by Gasteiger charge is -2.04. The number of aromatic nitrogens is 1. The van der Waals surface area contributed by atoms with Crippen molar-refractivity contribution in [2.24, 2.45) is 0 Å². The van der Waals surface area contributed by atoms with E-state index >= 15 is 0 Å². The second kappa shape index (κ2) is 8.84. The normalized spacial score (nSPS) is 11.0. The average Bonchev–Trinajstić information content (AvgIpc) is 3.24. The van der Waals surface area contributed by atoms with Crippen LogP contribution in [-0.2, 0) is 4.79 Å². The summed E-state index contributed by atoms with van der Waals surface area (Å²) in [5.74, 6) is -0.551. The molecule has 0 unspecified atom stereocenters. The van der Waals surface area contributed by atoms with Gasteiger partial charge < -0.3 is 5.32 Å². The number of nitrogens with zero attached hydrogens (tertiary/aromatic N) is 1. The van der Waals surface area contributed by atoms with Gasteiger partial charge in [0.2, 0.25) is 5.91 Å². The fourth-order valence-corrected chi connectivity index (χ4v) is 3.92. The first kappa shape index (κ1) is 19.7. The largest absolute Gasteiger partial charge is 0.323 e. The lowest BCUT2D eigenvalue weighted by molar-refractivity contribution is -0.111. The first-order valence-electron chi connectivity index (χ1n) is 9.45. The van der Waals surface area contributed by atoms with Gasteiger partial charge in [-0.15, -0.1) is 11.3 Å². The van der Waals surface area contributed by atoms with Crippen LogP contribution < -0.4 is 5.32 Å². The Kier molecular flexibility index (Phi) is 5.82. The Hall–Kier alpha value is -3.57. The van der Waals surface area contributed by atoms with Crippen molar-refractivity contribution >= 4 is 29.0 Å². The zero-order valence-electron chi connectivity index (χ0n) is 16.3. The molecule has 1 amide bonds. The minimum Gasteiger partial charge on any atom is -0.323 e. The molecule has 0 atom stereocenters. The number of thiazole rings is 1. The van der Waals surface area contributed by atoms with E-state index in [0.717, 1.165) is 27.4 Å². The van der Waals surface area contributed by atoms with Gasteiger partial charge in [0.05, 0.1) is 5.69 Å². The molecule has 1 N–H and O–H groups in total. The molecular formula is C25H19FN2OS. The molecule has 3 nitrogen and oxygen atoms in total. The summed E-state index contributed by atoms with van der Waals surface area (Å²) in [6, 6.07) is 21.7. The molecular weight excluding hydrogens is 395 g/mol. The molecule has 0 aliphatic heterocycles. The second-order valence-electron chi connectivity index (χ2n) is 6.80. The molecule has 0 radical (unpaired) electrons. The fourth-order valence-electron chi connectivity index (χ4n) is 3.00. The molecule has 0 saturated heterocycles. The molecule has 4 rings (SSSR count). The number of hydrogen-bond acceptors (Lipinski definition) is 3. The Morgan fingerprint density at radius 2 is 1.73 bits per heavy atom. The van der Waals surface area contributed by atoms with E-state index in [1.54, 1.807) is 29.5 Å². The molecule has 30 heavy (non-hydrogen) atoms. The van der Waals surface area contributed by atoms with Crippen LogP contribution in [0.25, 0.3) is 27.9 Å². The first-order chi connectivity index (χ1) is 14.6. The number of carbonyl (C=O) groups is 1. The van der Waals surface area contributed by atoms with Crippen LogP contribution in [0, 0.1) is 12.7 Å². The van der Waals surface area contributed by atoms with E-state index in [1.807, 2.05) is 41.8 Å². The summed E-state index contributed by atoms with van der Waals surface area (Å²) in [6.07, 6.45) is 3.07. The monoisotopic (exact) mass is 414 g/mol. The molecule has 3 aromatic carbocycles. The number of halogens is 1. The highest BCUT2D eigenvalue weighted by atomic mass is 32.1. The number of rotatable bonds is 5. The van der Waals surface area contributed by atoms with Crippen molar-refractivity contribution in [1.29, 1.82) is 0 Å². The van der Waals surface area contributed by atoms with Crippen molar-refractivity contribution in [3.8, 4) is 21.8 Å². The Labute approximate surface area is 178 Å². The summed E-state index contributed by atoms with van der Waals surface area (Å²) in [6.45, 7) is 2.08. The average molecular weight is 415 g/mol. The SMILES string of the molecule is Cc1ccccc1-c1nc(-c2ccc(NC(=O)/C=C/c3ccc(F)cc3)cc2)cs1. The standard InChI is InChI=1S/C25H19FN2OS/c1-17-4-2-3-5-22(17)25-28-23(16-30-25)19-9-13-21(14-10-19)27-24(29)15-8-18-6-11-20(26)12-7-18/h2-16H,1H3,(H,27,29)/b15-8+. The van der Waals surface area contributed by atoms with E-state index in [1.165, 1.54) is 23.8 Å². The number of benzene rings is 3. The van der Waals surface area contributed by atoms with Crippen LogP contribution in [-0.4, -0.2) is 10.9 Å². The van der Waals surface area contributed by atoms with Crippen molar-refractivity contribution in [2.75, 3.05) is 5.32 Å². The number of hydrogen-bond donors (Lipinski definition) is 1. The van der Waals surface area contributed by atoms with Gasteiger partial charge in [-0.3, -0.25) is 4.79 Å². The molecule has 148 valence electrons. The Balaban J connectivity index is 1.42. The minimum absolute atomic E-state index is 0.248. The number of nitrogens with one attached hydrogen (secondary N) is 1. The van der Waals surface area contributed by atoms with Crippen LogP contribution in [0.15, 0.2) is 84.3 Å². The summed E-state index contributed by atoms with van der Waals surface area (Å²) in [5, 5.41) is 5.86. The third kappa shape index (κ3) is 4.70. The summed E-state index contributed by atoms with van der Waals surface area (Å²) in [4.78, 5) is 16.9. The minimum atomic E-state index is -0.303. The van der Waals surface area contributed by atoms with Gasteiger partial charge in [-0.2, -0.15) is 0 Å². The molecule has 0 aliphatic rings. The van der Waals surface area contributed by atoms with Gasteiger partial charge >= 0.3 is 0 Å². The van der Waals surface area contributed by atoms with E-state index in [0.29, 0.717) is 5.69 Å². The quantitative estimate of drug-likeness (QED) is 0.375. The number of carbonyl (C=O) groups excluding carboxylic acids is 1. The number of anilines is 1. The van der Waals surface area contributed by atoms with Crippen molar-refractivity contribution in [3.63, 3.8) is 0 Å². The van der Waals surface area contributed by atoms with E-state index in [9.17, 15) is 9.18 Å². The van der Waals surface area contributed by atoms with E-state index in [4.69, 9.17) is 4.98 Å².